The third-order valence-corrected chi connectivity index (χ3v) is 2.81. The molecule has 0 spiro atoms. The first-order valence-electron chi connectivity index (χ1n) is 5.97. The molecule has 1 N–H and O–H groups in total. The lowest BCUT2D eigenvalue weighted by molar-refractivity contribution is 0.402. The highest BCUT2D eigenvalue weighted by atomic mass is 16.3. The first-order valence-corrected chi connectivity index (χ1v) is 5.97. The number of nitrogens with zero attached hydrogens (tertiary/aromatic N) is 2. The number of aromatic hydroxyl groups is 1. The van der Waals surface area contributed by atoms with Crippen LogP contribution in [-0.2, 0) is 6.54 Å². The summed E-state index contributed by atoms with van der Waals surface area (Å²) in [6.07, 6.45) is 0. The Morgan fingerprint density at radius 1 is 1.06 bits per heavy atom. The molecule has 18 heavy (non-hydrogen) atoms. The van der Waals surface area contributed by atoms with Crippen molar-refractivity contribution in [2.75, 3.05) is 14.1 Å². The van der Waals surface area contributed by atoms with Crippen molar-refractivity contribution in [1.29, 1.82) is 0 Å². The van der Waals surface area contributed by atoms with E-state index in [1.165, 1.54) is 5.56 Å². The van der Waals surface area contributed by atoms with Gasteiger partial charge in [-0.05, 0) is 38.7 Å². The summed E-state index contributed by atoms with van der Waals surface area (Å²) in [6.45, 7) is 2.74. The Morgan fingerprint density at radius 3 is 2.28 bits per heavy atom. The lowest BCUT2D eigenvalue weighted by Gasteiger charge is -2.10. The van der Waals surface area contributed by atoms with E-state index < -0.39 is 0 Å². The van der Waals surface area contributed by atoms with Crippen LogP contribution < -0.4 is 0 Å². The molecule has 0 radical (unpaired) electrons. The van der Waals surface area contributed by atoms with Gasteiger partial charge in [-0.3, -0.25) is 0 Å². The maximum atomic E-state index is 9.47. The molecular formula is C15H18N2O. The minimum atomic E-state index is 0.239. The summed E-state index contributed by atoms with van der Waals surface area (Å²) in [7, 11) is 4.11. The zero-order valence-corrected chi connectivity index (χ0v) is 11.0. The predicted molar refractivity (Wildman–Crippen MR) is 73.5 cm³/mol. The van der Waals surface area contributed by atoms with Crippen molar-refractivity contribution in [3.05, 3.63) is 47.7 Å². The molecule has 3 nitrogen and oxygen atoms in total. The minimum Gasteiger partial charge on any atom is -0.506 e. The summed E-state index contributed by atoms with van der Waals surface area (Å²) in [4.78, 5) is 6.51. The average Bonchev–Trinajstić information content (AvgIpc) is 2.33. The minimum absolute atomic E-state index is 0.239. The van der Waals surface area contributed by atoms with Gasteiger partial charge in [-0.15, -0.1) is 0 Å². The van der Waals surface area contributed by atoms with Crippen molar-refractivity contribution >= 4 is 0 Å². The fraction of sp³-hybridized carbons (Fsp3) is 0.267. The van der Waals surface area contributed by atoms with E-state index in [0.717, 1.165) is 17.8 Å². The van der Waals surface area contributed by atoms with E-state index in [0.29, 0.717) is 5.69 Å². The van der Waals surface area contributed by atoms with Gasteiger partial charge in [-0.2, -0.15) is 0 Å². The SMILES string of the molecule is Cc1nc(-c2ccc(CN(C)C)cc2)ccc1O. The van der Waals surface area contributed by atoms with Crippen LogP contribution in [0.4, 0.5) is 0 Å². The Bertz CT molecular complexity index is 533. The van der Waals surface area contributed by atoms with Crippen molar-refractivity contribution in [2.45, 2.75) is 13.5 Å². The Morgan fingerprint density at radius 2 is 1.72 bits per heavy atom. The van der Waals surface area contributed by atoms with E-state index in [2.05, 4.69) is 48.2 Å². The van der Waals surface area contributed by atoms with E-state index in [1.54, 1.807) is 13.0 Å². The summed E-state index contributed by atoms with van der Waals surface area (Å²) in [5, 5.41) is 9.47. The van der Waals surface area contributed by atoms with Crippen LogP contribution in [0.2, 0.25) is 0 Å². The number of hydrogen-bond donors (Lipinski definition) is 1. The van der Waals surface area contributed by atoms with Crippen molar-refractivity contribution in [1.82, 2.24) is 9.88 Å². The summed E-state index contributed by atoms with van der Waals surface area (Å²) < 4.78 is 0. The summed E-state index contributed by atoms with van der Waals surface area (Å²) >= 11 is 0. The number of aromatic nitrogens is 1. The number of rotatable bonds is 3. The van der Waals surface area contributed by atoms with Crippen LogP contribution in [0.1, 0.15) is 11.3 Å². The number of aryl methyl sites for hydroxylation is 1. The lowest BCUT2D eigenvalue weighted by atomic mass is 10.1. The highest BCUT2D eigenvalue weighted by molar-refractivity contribution is 5.60. The molecule has 0 saturated carbocycles. The van der Waals surface area contributed by atoms with E-state index in [9.17, 15) is 5.11 Å². The second-order valence-electron chi connectivity index (χ2n) is 4.74. The first-order chi connectivity index (χ1) is 8.56. The van der Waals surface area contributed by atoms with Crippen molar-refractivity contribution in [2.24, 2.45) is 0 Å². The van der Waals surface area contributed by atoms with Crippen LogP contribution in [0.5, 0.6) is 5.75 Å². The normalized spacial score (nSPS) is 10.9. The third-order valence-electron chi connectivity index (χ3n) is 2.81. The van der Waals surface area contributed by atoms with E-state index in [4.69, 9.17) is 0 Å². The molecule has 0 aliphatic carbocycles. The first kappa shape index (κ1) is 12.6. The van der Waals surface area contributed by atoms with Gasteiger partial charge < -0.3 is 10.0 Å². The molecule has 2 rings (SSSR count). The van der Waals surface area contributed by atoms with Crippen LogP contribution >= 0.6 is 0 Å². The molecule has 1 aromatic carbocycles. The van der Waals surface area contributed by atoms with Crippen molar-refractivity contribution < 1.29 is 5.11 Å². The second kappa shape index (κ2) is 5.19. The van der Waals surface area contributed by atoms with Crippen molar-refractivity contribution in [3.8, 4) is 17.0 Å². The number of pyridine rings is 1. The summed E-state index contributed by atoms with van der Waals surface area (Å²) in [5.41, 5.74) is 3.89. The summed E-state index contributed by atoms with van der Waals surface area (Å²) in [5.74, 6) is 0.239. The molecule has 3 heteroatoms. The highest BCUT2D eigenvalue weighted by Crippen LogP contribution is 2.22. The Balaban J connectivity index is 2.25. The van der Waals surface area contributed by atoms with Gasteiger partial charge in [0.25, 0.3) is 0 Å². The van der Waals surface area contributed by atoms with E-state index in [-0.39, 0.29) is 5.75 Å². The van der Waals surface area contributed by atoms with Gasteiger partial charge in [0.2, 0.25) is 0 Å². The van der Waals surface area contributed by atoms with Crippen LogP contribution in [0.3, 0.4) is 0 Å². The zero-order chi connectivity index (χ0) is 13.1. The molecule has 0 fully saturated rings. The van der Waals surface area contributed by atoms with Gasteiger partial charge in [-0.1, -0.05) is 24.3 Å². The van der Waals surface area contributed by atoms with Crippen molar-refractivity contribution in [3.63, 3.8) is 0 Å². The molecule has 0 aliphatic heterocycles. The number of hydrogen-bond acceptors (Lipinski definition) is 3. The average molecular weight is 242 g/mol. The molecule has 1 heterocycles. The van der Waals surface area contributed by atoms with Crippen LogP contribution in [-0.4, -0.2) is 29.1 Å². The Hall–Kier alpha value is -1.87. The van der Waals surface area contributed by atoms with Gasteiger partial charge in [0, 0.05) is 12.1 Å². The molecule has 0 amide bonds. The molecule has 2 aromatic rings. The van der Waals surface area contributed by atoms with Gasteiger partial charge in [0.1, 0.15) is 5.75 Å². The molecule has 0 bridgehead atoms. The van der Waals surface area contributed by atoms with Crippen LogP contribution in [0, 0.1) is 6.92 Å². The van der Waals surface area contributed by atoms with E-state index >= 15 is 0 Å². The molecule has 0 unspecified atom stereocenters. The standard InChI is InChI=1S/C15H18N2O/c1-11-15(18)9-8-14(16-11)13-6-4-12(5-7-13)10-17(2)3/h4-9,18H,10H2,1-3H3. The lowest BCUT2D eigenvalue weighted by Crippen LogP contribution is -2.10. The summed E-state index contributed by atoms with van der Waals surface area (Å²) in [6, 6.07) is 11.9. The molecule has 1 aromatic heterocycles. The van der Waals surface area contributed by atoms with Gasteiger partial charge in [-0.25, -0.2) is 4.98 Å². The quantitative estimate of drug-likeness (QED) is 0.899. The van der Waals surface area contributed by atoms with Gasteiger partial charge in [0.05, 0.1) is 11.4 Å². The largest absolute Gasteiger partial charge is 0.506 e. The fourth-order valence-corrected chi connectivity index (χ4v) is 1.86. The monoisotopic (exact) mass is 242 g/mol. The van der Waals surface area contributed by atoms with Gasteiger partial charge in [0.15, 0.2) is 0 Å². The molecule has 94 valence electrons. The van der Waals surface area contributed by atoms with Crippen LogP contribution in [0.25, 0.3) is 11.3 Å². The number of benzene rings is 1. The Kier molecular flexibility index (Phi) is 3.63. The molecule has 0 saturated heterocycles. The Labute approximate surface area is 108 Å². The molecule has 0 aliphatic rings. The fourth-order valence-electron chi connectivity index (χ4n) is 1.86. The smallest absolute Gasteiger partial charge is 0.136 e. The topological polar surface area (TPSA) is 36.4 Å². The predicted octanol–water partition coefficient (Wildman–Crippen LogP) is 2.82. The van der Waals surface area contributed by atoms with Gasteiger partial charge >= 0.3 is 0 Å². The second-order valence-corrected chi connectivity index (χ2v) is 4.74. The maximum absolute atomic E-state index is 9.47. The molecular weight excluding hydrogens is 224 g/mol. The van der Waals surface area contributed by atoms with Crippen LogP contribution in [0.15, 0.2) is 36.4 Å². The maximum Gasteiger partial charge on any atom is 0.136 e. The third kappa shape index (κ3) is 2.87. The molecule has 0 atom stereocenters. The van der Waals surface area contributed by atoms with E-state index in [1.807, 2.05) is 6.07 Å². The highest BCUT2D eigenvalue weighted by Gasteiger charge is 2.03. The zero-order valence-electron chi connectivity index (χ0n) is 11.0.